The number of hydrogen-bond acceptors (Lipinski definition) is 3. The molecule has 3 aliphatic rings. The lowest BCUT2D eigenvalue weighted by molar-refractivity contribution is -0.0697. The molecule has 0 spiro atoms. The van der Waals surface area contributed by atoms with Gasteiger partial charge >= 0.3 is 0 Å². The van der Waals surface area contributed by atoms with E-state index in [1.165, 1.54) is 0 Å². The number of fused-ring (bicyclic) bond motifs is 4. The molecule has 0 amide bonds. The summed E-state index contributed by atoms with van der Waals surface area (Å²) in [6, 6.07) is 1.25. The Labute approximate surface area is 53.3 Å². The summed E-state index contributed by atoms with van der Waals surface area (Å²) < 4.78 is 10.8. The van der Waals surface area contributed by atoms with Crippen molar-refractivity contribution in [1.29, 1.82) is 0 Å². The highest BCUT2D eigenvalue weighted by Crippen LogP contribution is 2.34. The van der Waals surface area contributed by atoms with Crippen LogP contribution in [-0.4, -0.2) is 31.1 Å². The van der Waals surface area contributed by atoms with E-state index in [0.29, 0.717) is 12.1 Å². The zero-order valence-corrected chi connectivity index (χ0v) is 5.04. The van der Waals surface area contributed by atoms with Crippen molar-refractivity contribution in [3.63, 3.8) is 0 Å². The monoisotopic (exact) mass is 127 g/mol. The molecule has 0 radical (unpaired) electrons. The summed E-state index contributed by atoms with van der Waals surface area (Å²) in [7, 11) is 0. The van der Waals surface area contributed by atoms with Gasteiger partial charge < -0.3 is 14.8 Å². The van der Waals surface area contributed by atoms with Crippen molar-refractivity contribution in [3.8, 4) is 0 Å². The van der Waals surface area contributed by atoms with Crippen LogP contribution in [0.2, 0.25) is 0 Å². The van der Waals surface area contributed by atoms with Crippen molar-refractivity contribution < 1.29 is 9.47 Å². The van der Waals surface area contributed by atoms with Gasteiger partial charge in [-0.25, -0.2) is 0 Å². The minimum Gasteiger partial charge on any atom is -0.348 e. The normalized spacial score (nSPS) is 61.3. The molecule has 3 fully saturated rings. The number of nitrogens with one attached hydrogen (secondary N) is 1. The third kappa shape index (κ3) is 0.520. The van der Waals surface area contributed by atoms with Gasteiger partial charge in [0.15, 0.2) is 6.29 Å². The van der Waals surface area contributed by atoms with Crippen LogP contribution >= 0.6 is 0 Å². The molecule has 50 valence electrons. The third-order valence-corrected chi connectivity index (χ3v) is 2.31. The largest absolute Gasteiger partial charge is 0.348 e. The summed E-state index contributed by atoms with van der Waals surface area (Å²) in [6.45, 7) is 0.819. The van der Waals surface area contributed by atoms with Gasteiger partial charge in [0.1, 0.15) is 0 Å². The van der Waals surface area contributed by atoms with Crippen LogP contribution in [0.5, 0.6) is 0 Å². The topological polar surface area (TPSA) is 40.4 Å². The van der Waals surface area contributed by atoms with Crippen molar-refractivity contribution in [2.45, 2.75) is 30.9 Å². The van der Waals surface area contributed by atoms with Gasteiger partial charge in [0.05, 0.1) is 18.8 Å². The summed E-state index contributed by atoms with van der Waals surface area (Å²) in [5.74, 6) is 0. The maximum Gasteiger partial charge on any atom is 0.174 e. The van der Waals surface area contributed by atoms with Gasteiger partial charge in [0.25, 0.3) is 0 Å². The first kappa shape index (κ1) is 4.66. The van der Waals surface area contributed by atoms with E-state index in [9.17, 15) is 0 Å². The smallest absolute Gasteiger partial charge is 0.174 e. The second-order valence-corrected chi connectivity index (χ2v) is 2.99. The third-order valence-electron chi connectivity index (χ3n) is 2.31. The first-order chi connectivity index (χ1) is 4.43. The highest BCUT2D eigenvalue weighted by Gasteiger charge is 2.53. The van der Waals surface area contributed by atoms with Crippen molar-refractivity contribution in [2.75, 3.05) is 6.61 Å². The van der Waals surface area contributed by atoms with Gasteiger partial charge in [-0.15, -0.1) is 0 Å². The molecule has 3 heteroatoms. The fourth-order valence-corrected chi connectivity index (χ4v) is 1.74. The molecule has 4 atom stereocenters. The molecule has 0 aromatic heterocycles. The Morgan fingerprint density at radius 1 is 1.44 bits per heavy atom. The van der Waals surface area contributed by atoms with Gasteiger partial charge in [0, 0.05) is 6.04 Å². The van der Waals surface area contributed by atoms with Crippen LogP contribution in [0.25, 0.3) is 0 Å². The molecule has 2 bridgehead atoms. The Morgan fingerprint density at radius 3 is 3.44 bits per heavy atom. The molecule has 9 heavy (non-hydrogen) atoms. The first-order valence-electron chi connectivity index (χ1n) is 3.46. The Morgan fingerprint density at radius 2 is 2.44 bits per heavy atom. The van der Waals surface area contributed by atoms with Crippen LogP contribution in [0.15, 0.2) is 0 Å². The van der Waals surface area contributed by atoms with Gasteiger partial charge in [-0.3, -0.25) is 0 Å². The lowest BCUT2D eigenvalue weighted by atomic mass is 10.1. The minimum atomic E-state index is 0.0914. The Hall–Kier alpha value is -0.120. The van der Waals surface area contributed by atoms with Crippen molar-refractivity contribution in [3.05, 3.63) is 0 Å². The molecular weight excluding hydrogens is 118 g/mol. The molecule has 3 aliphatic heterocycles. The Bertz CT molecular complexity index is 148. The number of ether oxygens (including phenoxy) is 2. The summed E-state index contributed by atoms with van der Waals surface area (Å²) in [5.41, 5.74) is 0. The first-order valence-corrected chi connectivity index (χ1v) is 3.46. The average Bonchev–Trinajstić information content (AvgIpc) is 2.50. The lowest BCUT2D eigenvalue weighted by Crippen LogP contribution is -2.26. The summed E-state index contributed by atoms with van der Waals surface area (Å²) in [4.78, 5) is 0. The summed E-state index contributed by atoms with van der Waals surface area (Å²) >= 11 is 0. The molecule has 0 unspecified atom stereocenters. The highest BCUT2D eigenvalue weighted by molar-refractivity contribution is 5.06. The van der Waals surface area contributed by atoms with E-state index >= 15 is 0 Å². The summed E-state index contributed by atoms with van der Waals surface area (Å²) in [5, 5.41) is 3.31. The predicted molar refractivity (Wildman–Crippen MR) is 29.9 cm³/mol. The summed E-state index contributed by atoms with van der Waals surface area (Å²) in [6.07, 6.45) is 1.64. The minimum absolute atomic E-state index is 0.0914. The SMILES string of the molecule is C1O[C@@H]2O[C@H]1C[C@@H]1N[C@H]21. The Kier molecular flexibility index (Phi) is 0.678. The van der Waals surface area contributed by atoms with Gasteiger partial charge in [0.2, 0.25) is 0 Å². The van der Waals surface area contributed by atoms with Crippen LogP contribution in [0.1, 0.15) is 6.42 Å². The maximum atomic E-state index is 5.47. The maximum absolute atomic E-state index is 5.47. The Balaban J connectivity index is 1.90. The highest BCUT2D eigenvalue weighted by atomic mass is 16.7. The number of rotatable bonds is 0. The lowest BCUT2D eigenvalue weighted by Gasteiger charge is -2.13. The van der Waals surface area contributed by atoms with E-state index in [1.807, 2.05) is 0 Å². The number of hydrogen-bond donors (Lipinski definition) is 1. The fraction of sp³-hybridized carbons (Fsp3) is 1.00. The molecule has 0 aromatic rings. The average molecular weight is 127 g/mol. The van der Waals surface area contributed by atoms with Gasteiger partial charge in [-0.05, 0) is 6.42 Å². The molecule has 3 saturated heterocycles. The van der Waals surface area contributed by atoms with Gasteiger partial charge in [-0.1, -0.05) is 0 Å². The van der Waals surface area contributed by atoms with Crippen LogP contribution in [0.4, 0.5) is 0 Å². The van der Waals surface area contributed by atoms with Crippen molar-refractivity contribution >= 4 is 0 Å². The standard InChI is InChI=1S/C6H9NO2/c1-3-2-8-6(9-3)5-4(1)7-5/h3-7H,1-2H2/t3-,4-,5-,6+/m0/s1. The second-order valence-electron chi connectivity index (χ2n) is 2.99. The second kappa shape index (κ2) is 1.31. The molecule has 0 saturated carbocycles. The fourth-order valence-electron chi connectivity index (χ4n) is 1.74. The molecule has 0 aliphatic carbocycles. The van der Waals surface area contributed by atoms with Crippen molar-refractivity contribution in [2.24, 2.45) is 0 Å². The van der Waals surface area contributed by atoms with E-state index < -0.39 is 0 Å². The molecule has 0 aromatic carbocycles. The van der Waals surface area contributed by atoms with E-state index in [4.69, 9.17) is 9.47 Å². The van der Waals surface area contributed by atoms with E-state index in [2.05, 4.69) is 5.32 Å². The zero-order chi connectivity index (χ0) is 5.84. The van der Waals surface area contributed by atoms with Crippen LogP contribution in [-0.2, 0) is 9.47 Å². The molecule has 3 nitrogen and oxygen atoms in total. The predicted octanol–water partition coefficient (Wildman–Crippen LogP) is -0.528. The van der Waals surface area contributed by atoms with E-state index in [1.54, 1.807) is 0 Å². The van der Waals surface area contributed by atoms with Crippen LogP contribution in [0, 0.1) is 0 Å². The van der Waals surface area contributed by atoms with E-state index in [-0.39, 0.29) is 6.29 Å². The quantitative estimate of drug-likeness (QED) is 0.445. The van der Waals surface area contributed by atoms with Crippen LogP contribution in [0.3, 0.4) is 0 Å². The van der Waals surface area contributed by atoms with Gasteiger partial charge in [-0.2, -0.15) is 0 Å². The molecule has 3 heterocycles. The zero-order valence-electron chi connectivity index (χ0n) is 5.04. The molecule has 3 rings (SSSR count). The van der Waals surface area contributed by atoms with Crippen molar-refractivity contribution in [1.82, 2.24) is 5.32 Å². The van der Waals surface area contributed by atoms with Crippen LogP contribution < -0.4 is 5.32 Å². The molecule has 1 N–H and O–H groups in total. The molecular formula is C6H9NO2. The van der Waals surface area contributed by atoms with E-state index in [0.717, 1.165) is 19.1 Å².